The lowest BCUT2D eigenvalue weighted by atomic mass is 9.81. The molecule has 0 amide bonds. The van der Waals surface area contributed by atoms with Gasteiger partial charge in [-0.05, 0) is 92.4 Å². The summed E-state index contributed by atoms with van der Waals surface area (Å²) in [4.78, 5) is 19.8. The van der Waals surface area contributed by atoms with Crippen LogP contribution in [0.25, 0.3) is 10.9 Å². The number of benzene rings is 1. The molecule has 0 aliphatic carbocycles. The minimum atomic E-state index is -1.18. The number of ether oxygens (including phenoxy) is 1. The van der Waals surface area contributed by atoms with Crippen molar-refractivity contribution in [1.82, 2.24) is 9.88 Å². The Hall–Kier alpha value is -2.22. The van der Waals surface area contributed by atoms with Crippen LogP contribution in [0.15, 0.2) is 41.9 Å². The number of thiophene rings is 1. The molecule has 3 heterocycles. The van der Waals surface area contributed by atoms with Crippen molar-refractivity contribution in [1.29, 1.82) is 0 Å². The number of piperidine rings is 1. The molecule has 34 heavy (non-hydrogen) atoms. The predicted molar refractivity (Wildman–Crippen MR) is 135 cm³/mol. The zero-order valence-corrected chi connectivity index (χ0v) is 20.8. The zero-order valence-electron chi connectivity index (χ0n) is 19.3. The lowest BCUT2D eigenvalue weighted by Gasteiger charge is -2.36. The lowest BCUT2D eigenvalue weighted by Crippen LogP contribution is -2.44. The van der Waals surface area contributed by atoms with Gasteiger partial charge >= 0.3 is 5.97 Å². The predicted octanol–water partition coefficient (Wildman–Crippen LogP) is 6.40. The van der Waals surface area contributed by atoms with Gasteiger partial charge < -0.3 is 14.7 Å². The second-order valence-corrected chi connectivity index (χ2v) is 10.3. The molecule has 2 aromatic heterocycles. The number of hydrogen-bond donors (Lipinski definition) is 1. The van der Waals surface area contributed by atoms with Crippen molar-refractivity contribution in [3.63, 3.8) is 0 Å². The monoisotopic (exact) mass is 504 g/mol. The Morgan fingerprint density at radius 2 is 2.24 bits per heavy atom. The zero-order chi connectivity index (χ0) is 24.1. The minimum absolute atomic E-state index is 0.0265. The van der Waals surface area contributed by atoms with Crippen molar-refractivity contribution >= 4 is 39.8 Å². The van der Waals surface area contributed by atoms with E-state index in [0.29, 0.717) is 30.7 Å². The minimum Gasteiger partial charge on any atom is -0.497 e. The van der Waals surface area contributed by atoms with Gasteiger partial charge in [-0.1, -0.05) is 11.6 Å². The molecule has 0 radical (unpaired) electrons. The highest BCUT2D eigenvalue weighted by atomic mass is 35.5. The molecular weight excluding hydrogens is 475 g/mol. The van der Waals surface area contributed by atoms with Gasteiger partial charge in [-0.25, -0.2) is 4.39 Å². The fraction of sp³-hybridized carbons (Fsp3) is 0.462. The first-order valence-electron chi connectivity index (χ1n) is 11.7. The van der Waals surface area contributed by atoms with Crippen LogP contribution in [0, 0.1) is 11.8 Å². The molecule has 1 N–H and O–H groups in total. The van der Waals surface area contributed by atoms with Crippen LogP contribution in [0.2, 0.25) is 5.02 Å². The summed E-state index contributed by atoms with van der Waals surface area (Å²) in [5.74, 6) is -0.624. The number of fused-ring (bicyclic) bond motifs is 1. The van der Waals surface area contributed by atoms with Gasteiger partial charge in [-0.15, -0.1) is 11.3 Å². The van der Waals surface area contributed by atoms with Crippen molar-refractivity contribution < 1.29 is 19.0 Å². The van der Waals surface area contributed by atoms with Gasteiger partial charge in [0, 0.05) is 23.0 Å². The first-order chi connectivity index (χ1) is 16.5. The maximum absolute atomic E-state index is 15.4. The lowest BCUT2D eigenvalue weighted by molar-refractivity contribution is -0.146. The number of aryl methyl sites for hydroxylation is 1. The highest BCUT2D eigenvalue weighted by Gasteiger charge is 2.34. The first kappa shape index (κ1) is 24.9. The molecule has 1 unspecified atom stereocenters. The van der Waals surface area contributed by atoms with Crippen LogP contribution in [0.3, 0.4) is 0 Å². The van der Waals surface area contributed by atoms with Crippen molar-refractivity contribution in [3.8, 4) is 5.75 Å². The summed E-state index contributed by atoms with van der Waals surface area (Å²) in [6.07, 6.45) is 3.91. The molecule has 1 aliphatic rings. The van der Waals surface area contributed by atoms with Crippen LogP contribution in [0.1, 0.15) is 42.3 Å². The molecule has 182 valence electrons. The van der Waals surface area contributed by atoms with Crippen LogP contribution in [0.4, 0.5) is 4.39 Å². The van der Waals surface area contributed by atoms with Crippen LogP contribution in [-0.4, -0.2) is 47.7 Å². The Labute approximate surface area is 208 Å². The Morgan fingerprint density at radius 1 is 1.38 bits per heavy atom. The highest BCUT2D eigenvalue weighted by molar-refractivity contribution is 7.10. The number of aromatic nitrogens is 1. The molecule has 3 aromatic rings. The number of aliphatic carboxylic acids is 1. The van der Waals surface area contributed by atoms with Gasteiger partial charge in [0.25, 0.3) is 0 Å². The third-order valence-electron chi connectivity index (χ3n) is 6.84. The average Bonchev–Trinajstić information content (AvgIpc) is 3.26. The number of likely N-dealkylation sites (tertiary alicyclic amines) is 1. The summed E-state index contributed by atoms with van der Waals surface area (Å²) in [6, 6.07) is 9.08. The second kappa shape index (κ2) is 11.5. The number of carboxylic acid groups (broad SMARTS) is 1. The highest BCUT2D eigenvalue weighted by Crippen LogP contribution is 2.35. The fourth-order valence-electron chi connectivity index (χ4n) is 4.93. The Morgan fingerprint density at radius 3 is 2.97 bits per heavy atom. The van der Waals surface area contributed by atoms with Crippen LogP contribution in [0.5, 0.6) is 5.75 Å². The molecule has 1 fully saturated rings. The van der Waals surface area contributed by atoms with Crippen molar-refractivity contribution in [2.45, 2.75) is 38.3 Å². The smallest absolute Gasteiger partial charge is 0.308 e. The molecule has 3 atom stereocenters. The molecule has 1 aromatic carbocycles. The van der Waals surface area contributed by atoms with E-state index in [1.54, 1.807) is 30.7 Å². The van der Waals surface area contributed by atoms with Gasteiger partial charge in [0.2, 0.25) is 0 Å². The Kier molecular flexibility index (Phi) is 8.40. The quantitative estimate of drug-likeness (QED) is 0.346. The van der Waals surface area contributed by atoms with Gasteiger partial charge in [-0.3, -0.25) is 9.78 Å². The van der Waals surface area contributed by atoms with Gasteiger partial charge in [0.1, 0.15) is 11.9 Å². The van der Waals surface area contributed by atoms with Gasteiger partial charge in [-0.2, -0.15) is 0 Å². The number of halogens is 2. The summed E-state index contributed by atoms with van der Waals surface area (Å²) in [5, 5.41) is 13.4. The SMILES string of the molecule is COc1ccc2nccc(C(F)CC[C@@H]3CCN(CCCc4sccc4Cl)C[C@@H]3C(=O)O)c2c1. The number of carbonyl (C=O) groups is 1. The second-order valence-electron chi connectivity index (χ2n) is 8.92. The molecule has 8 heteroatoms. The van der Waals surface area contributed by atoms with Crippen molar-refractivity contribution in [3.05, 3.63) is 57.4 Å². The van der Waals surface area contributed by atoms with E-state index in [1.807, 2.05) is 29.6 Å². The summed E-state index contributed by atoms with van der Waals surface area (Å²) < 4.78 is 20.6. The van der Waals surface area contributed by atoms with Crippen LogP contribution < -0.4 is 4.74 Å². The standard InChI is InChI=1S/C26H30ClFN2O3S/c1-33-18-5-7-24-20(15-18)19(8-11-29-24)23(28)6-4-17-9-13-30(16-21(17)26(31)32)12-2-3-25-22(27)10-14-34-25/h5,7-8,10-11,14-15,17,21,23H,2-4,6,9,12-13,16H2,1H3,(H,31,32)/t17-,21+,23?/m1/s1. The fourth-order valence-corrected chi connectivity index (χ4v) is 6.10. The number of hydrogen-bond acceptors (Lipinski definition) is 5. The topological polar surface area (TPSA) is 62.7 Å². The molecule has 1 saturated heterocycles. The van der Waals surface area contributed by atoms with Crippen molar-refractivity contribution in [2.75, 3.05) is 26.7 Å². The number of carboxylic acids is 1. The van der Waals surface area contributed by atoms with Gasteiger partial charge in [0.15, 0.2) is 0 Å². The molecule has 0 saturated carbocycles. The Bertz CT molecular complexity index is 1120. The maximum Gasteiger partial charge on any atom is 0.308 e. The third-order valence-corrected chi connectivity index (χ3v) is 8.28. The van der Waals surface area contributed by atoms with E-state index in [4.69, 9.17) is 16.3 Å². The molecular formula is C26H30ClFN2O3S. The summed E-state index contributed by atoms with van der Waals surface area (Å²) in [5.41, 5.74) is 1.31. The molecule has 1 aliphatic heterocycles. The van der Waals surface area contributed by atoms with Crippen molar-refractivity contribution in [2.24, 2.45) is 11.8 Å². The van der Waals surface area contributed by atoms with Crippen LogP contribution in [-0.2, 0) is 11.2 Å². The average molecular weight is 505 g/mol. The molecule has 4 rings (SSSR count). The first-order valence-corrected chi connectivity index (χ1v) is 13.0. The maximum atomic E-state index is 15.4. The number of methoxy groups -OCH3 is 1. The summed E-state index contributed by atoms with van der Waals surface area (Å²) >= 11 is 7.84. The summed E-state index contributed by atoms with van der Waals surface area (Å²) in [6.45, 7) is 2.21. The molecule has 5 nitrogen and oxygen atoms in total. The normalized spacial score (nSPS) is 19.9. The number of nitrogens with zero attached hydrogens (tertiary/aromatic N) is 2. The number of rotatable bonds is 10. The van der Waals surface area contributed by atoms with E-state index >= 15 is 4.39 Å². The number of pyridine rings is 1. The van der Waals surface area contributed by atoms with Gasteiger partial charge in [0.05, 0.1) is 23.6 Å². The number of alkyl halides is 1. The van der Waals surface area contributed by atoms with E-state index < -0.39 is 18.1 Å². The van der Waals surface area contributed by atoms with E-state index in [0.717, 1.165) is 48.3 Å². The largest absolute Gasteiger partial charge is 0.497 e. The van der Waals surface area contributed by atoms with E-state index in [9.17, 15) is 9.90 Å². The van der Waals surface area contributed by atoms with Crippen LogP contribution >= 0.6 is 22.9 Å². The molecule has 0 bridgehead atoms. The van der Waals surface area contributed by atoms with E-state index in [1.165, 1.54) is 4.88 Å². The van der Waals surface area contributed by atoms with E-state index in [-0.39, 0.29) is 5.92 Å². The molecule has 0 spiro atoms. The van der Waals surface area contributed by atoms with E-state index in [2.05, 4.69) is 9.88 Å². The summed E-state index contributed by atoms with van der Waals surface area (Å²) in [7, 11) is 1.58. The Balaban J connectivity index is 1.34. The third kappa shape index (κ3) is 5.88.